The van der Waals surface area contributed by atoms with Gasteiger partial charge in [-0.25, -0.2) is 4.98 Å². The molecule has 0 aromatic carbocycles. The Kier molecular flexibility index (Phi) is 3.33. The SMILES string of the molecule is CCCC(C)(N)c1ncc(C2CCCC2)[nH]1. The van der Waals surface area contributed by atoms with Gasteiger partial charge in [-0.2, -0.15) is 0 Å². The smallest absolute Gasteiger partial charge is 0.126 e. The number of imidazole rings is 1. The highest BCUT2D eigenvalue weighted by atomic mass is 15.0. The van der Waals surface area contributed by atoms with Gasteiger partial charge in [0.2, 0.25) is 0 Å². The van der Waals surface area contributed by atoms with Crippen molar-refractivity contribution in [3.05, 3.63) is 17.7 Å². The van der Waals surface area contributed by atoms with Gasteiger partial charge in [0.25, 0.3) is 0 Å². The molecular formula is C13H23N3. The van der Waals surface area contributed by atoms with E-state index in [2.05, 4.69) is 23.8 Å². The number of aromatic amines is 1. The third-order valence-electron chi connectivity index (χ3n) is 3.70. The van der Waals surface area contributed by atoms with Gasteiger partial charge in [-0.1, -0.05) is 26.2 Å². The first-order chi connectivity index (χ1) is 7.63. The summed E-state index contributed by atoms with van der Waals surface area (Å²) in [6, 6.07) is 0. The summed E-state index contributed by atoms with van der Waals surface area (Å²) in [5, 5.41) is 0. The van der Waals surface area contributed by atoms with Crippen LogP contribution in [0.1, 0.15) is 69.8 Å². The zero-order valence-corrected chi connectivity index (χ0v) is 10.4. The lowest BCUT2D eigenvalue weighted by Crippen LogP contribution is -2.34. The summed E-state index contributed by atoms with van der Waals surface area (Å²) in [7, 11) is 0. The highest BCUT2D eigenvalue weighted by molar-refractivity contribution is 5.13. The van der Waals surface area contributed by atoms with E-state index < -0.39 is 0 Å². The van der Waals surface area contributed by atoms with Crippen LogP contribution >= 0.6 is 0 Å². The van der Waals surface area contributed by atoms with E-state index in [0.29, 0.717) is 5.92 Å². The molecule has 1 aliphatic carbocycles. The Morgan fingerprint density at radius 2 is 2.19 bits per heavy atom. The van der Waals surface area contributed by atoms with Crippen molar-refractivity contribution in [3.8, 4) is 0 Å². The quantitative estimate of drug-likeness (QED) is 0.821. The third-order valence-corrected chi connectivity index (χ3v) is 3.70. The molecule has 1 aromatic rings. The van der Waals surface area contributed by atoms with E-state index >= 15 is 0 Å². The van der Waals surface area contributed by atoms with E-state index in [1.165, 1.54) is 31.4 Å². The lowest BCUT2D eigenvalue weighted by atomic mass is 9.97. The van der Waals surface area contributed by atoms with E-state index in [1.807, 2.05) is 6.20 Å². The van der Waals surface area contributed by atoms with Crippen molar-refractivity contribution in [2.24, 2.45) is 5.73 Å². The van der Waals surface area contributed by atoms with E-state index in [0.717, 1.165) is 18.7 Å². The molecule has 16 heavy (non-hydrogen) atoms. The van der Waals surface area contributed by atoms with Crippen LogP contribution in [0.25, 0.3) is 0 Å². The predicted molar refractivity (Wildman–Crippen MR) is 66.2 cm³/mol. The van der Waals surface area contributed by atoms with Crippen molar-refractivity contribution < 1.29 is 0 Å². The van der Waals surface area contributed by atoms with Gasteiger partial charge in [0, 0.05) is 17.8 Å². The van der Waals surface area contributed by atoms with Crippen LogP contribution in [-0.2, 0) is 5.54 Å². The van der Waals surface area contributed by atoms with Crippen LogP contribution in [0.2, 0.25) is 0 Å². The second-order valence-electron chi connectivity index (χ2n) is 5.34. The molecule has 0 amide bonds. The number of nitrogens with zero attached hydrogens (tertiary/aromatic N) is 1. The lowest BCUT2D eigenvalue weighted by molar-refractivity contribution is 0.422. The maximum Gasteiger partial charge on any atom is 0.126 e. The van der Waals surface area contributed by atoms with Gasteiger partial charge in [0.05, 0.1) is 5.54 Å². The third kappa shape index (κ3) is 2.29. The Morgan fingerprint density at radius 3 is 2.81 bits per heavy atom. The largest absolute Gasteiger partial charge is 0.344 e. The van der Waals surface area contributed by atoms with Gasteiger partial charge in [0.15, 0.2) is 0 Å². The van der Waals surface area contributed by atoms with E-state index in [4.69, 9.17) is 5.73 Å². The molecule has 1 heterocycles. The molecule has 0 bridgehead atoms. The van der Waals surface area contributed by atoms with Crippen molar-refractivity contribution in [1.29, 1.82) is 0 Å². The Morgan fingerprint density at radius 1 is 1.50 bits per heavy atom. The monoisotopic (exact) mass is 221 g/mol. The van der Waals surface area contributed by atoms with Crippen molar-refractivity contribution in [2.45, 2.75) is 63.8 Å². The molecule has 1 aliphatic rings. The summed E-state index contributed by atoms with van der Waals surface area (Å²) >= 11 is 0. The van der Waals surface area contributed by atoms with E-state index in [-0.39, 0.29) is 5.54 Å². The normalized spacial score (nSPS) is 21.2. The molecule has 3 nitrogen and oxygen atoms in total. The predicted octanol–water partition coefficient (Wildman–Crippen LogP) is 3.04. The van der Waals surface area contributed by atoms with Crippen LogP contribution in [0.5, 0.6) is 0 Å². The van der Waals surface area contributed by atoms with Gasteiger partial charge < -0.3 is 10.7 Å². The summed E-state index contributed by atoms with van der Waals surface area (Å²) < 4.78 is 0. The number of H-pyrrole nitrogens is 1. The zero-order chi connectivity index (χ0) is 11.6. The number of hydrogen-bond donors (Lipinski definition) is 2. The molecule has 1 aromatic heterocycles. The van der Waals surface area contributed by atoms with Crippen molar-refractivity contribution in [2.75, 3.05) is 0 Å². The topological polar surface area (TPSA) is 54.7 Å². The average molecular weight is 221 g/mol. The maximum absolute atomic E-state index is 6.27. The second-order valence-corrected chi connectivity index (χ2v) is 5.34. The highest BCUT2D eigenvalue weighted by Crippen LogP contribution is 2.33. The van der Waals surface area contributed by atoms with Crippen molar-refractivity contribution in [1.82, 2.24) is 9.97 Å². The van der Waals surface area contributed by atoms with E-state index in [1.54, 1.807) is 0 Å². The number of hydrogen-bond acceptors (Lipinski definition) is 2. The first-order valence-corrected chi connectivity index (χ1v) is 6.47. The summed E-state index contributed by atoms with van der Waals surface area (Å²) in [5.41, 5.74) is 7.26. The molecule has 1 atom stereocenters. The molecule has 90 valence electrons. The van der Waals surface area contributed by atoms with E-state index in [9.17, 15) is 0 Å². The van der Waals surface area contributed by atoms with Crippen LogP contribution in [0.3, 0.4) is 0 Å². The maximum atomic E-state index is 6.27. The minimum Gasteiger partial charge on any atom is -0.344 e. The number of nitrogens with two attached hydrogens (primary N) is 1. The molecule has 1 saturated carbocycles. The molecule has 0 radical (unpaired) electrons. The first kappa shape index (κ1) is 11.6. The Bertz CT molecular complexity index is 335. The van der Waals surface area contributed by atoms with Gasteiger partial charge in [-0.3, -0.25) is 0 Å². The fourth-order valence-electron chi connectivity index (χ4n) is 2.71. The summed E-state index contributed by atoms with van der Waals surface area (Å²) in [5.74, 6) is 1.65. The standard InChI is InChI=1S/C13H23N3/c1-3-8-13(2,14)12-15-9-11(16-12)10-6-4-5-7-10/h9-10H,3-8,14H2,1-2H3,(H,15,16). The lowest BCUT2D eigenvalue weighted by Gasteiger charge is -2.21. The summed E-state index contributed by atoms with van der Waals surface area (Å²) in [6.45, 7) is 4.22. The van der Waals surface area contributed by atoms with Crippen LogP contribution in [0.15, 0.2) is 6.20 Å². The molecular weight excluding hydrogens is 198 g/mol. The molecule has 3 N–H and O–H groups in total. The minimum atomic E-state index is -0.300. The van der Waals surface area contributed by atoms with Gasteiger partial charge in [0.1, 0.15) is 5.82 Å². The fourth-order valence-corrected chi connectivity index (χ4v) is 2.71. The Balaban J connectivity index is 2.12. The minimum absolute atomic E-state index is 0.300. The summed E-state index contributed by atoms with van der Waals surface area (Å²) in [4.78, 5) is 7.91. The van der Waals surface area contributed by atoms with Crippen LogP contribution in [0.4, 0.5) is 0 Å². The summed E-state index contributed by atoms with van der Waals surface area (Å²) in [6.07, 6.45) is 9.37. The highest BCUT2D eigenvalue weighted by Gasteiger charge is 2.26. The number of rotatable bonds is 4. The first-order valence-electron chi connectivity index (χ1n) is 6.47. The number of nitrogens with one attached hydrogen (secondary N) is 1. The molecule has 1 fully saturated rings. The van der Waals surface area contributed by atoms with Crippen molar-refractivity contribution in [3.63, 3.8) is 0 Å². The van der Waals surface area contributed by atoms with Crippen LogP contribution < -0.4 is 5.73 Å². The molecule has 3 heteroatoms. The molecule has 1 unspecified atom stereocenters. The number of aromatic nitrogens is 2. The molecule has 0 saturated heterocycles. The second kappa shape index (κ2) is 4.58. The van der Waals surface area contributed by atoms with Gasteiger partial charge in [-0.15, -0.1) is 0 Å². The molecule has 0 aliphatic heterocycles. The molecule has 0 spiro atoms. The Labute approximate surface area is 97.8 Å². The Hall–Kier alpha value is -0.830. The van der Waals surface area contributed by atoms with Crippen LogP contribution in [-0.4, -0.2) is 9.97 Å². The molecule has 2 rings (SSSR count). The van der Waals surface area contributed by atoms with Crippen LogP contribution in [0, 0.1) is 0 Å². The zero-order valence-electron chi connectivity index (χ0n) is 10.4. The van der Waals surface area contributed by atoms with Gasteiger partial charge >= 0.3 is 0 Å². The average Bonchev–Trinajstić information content (AvgIpc) is 2.89. The fraction of sp³-hybridized carbons (Fsp3) is 0.769. The van der Waals surface area contributed by atoms with Gasteiger partial charge in [-0.05, 0) is 26.2 Å². The van der Waals surface area contributed by atoms with Crippen molar-refractivity contribution >= 4 is 0 Å².